The van der Waals surface area contributed by atoms with E-state index < -0.39 is 0 Å². The Bertz CT molecular complexity index is 1190. The van der Waals surface area contributed by atoms with E-state index in [1.807, 2.05) is 12.1 Å². The van der Waals surface area contributed by atoms with Crippen molar-refractivity contribution >= 4 is 22.9 Å². The van der Waals surface area contributed by atoms with E-state index in [1.54, 1.807) is 11.3 Å². The van der Waals surface area contributed by atoms with Crippen LogP contribution in [0.5, 0.6) is 5.75 Å². The number of hydrogen-bond acceptors (Lipinski definition) is 3. The number of carbonyl (C=O) groups is 1. The summed E-state index contributed by atoms with van der Waals surface area (Å²) in [6.07, 6.45) is 18.3. The number of amides is 1. The second kappa shape index (κ2) is 18.1. The third-order valence-corrected chi connectivity index (χ3v) is 8.93. The SMILES string of the molecule is CCCCCCCCCCCCCCOc1cc(C(C)(C)C)ccc1CC(=O)Nc1ccc(-c2scc[n+]2CC)cc1. The Morgan fingerprint density at radius 1 is 0.833 bits per heavy atom. The predicted octanol–water partition coefficient (Wildman–Crippen LogP) is 10.3. The van der Waals surface area contributed by atoms with Gasteiger partial charge in [0.05, 0.1) is 24.0 Å². The van der Waals surface area contributed by atoms with Gasteiger partial charge in [-0.2, -0.15) is 4.57 Å². The lowest BCUT2D eigenvalue weighted by atomic mass is 9.86. The average molecular weight is 592 g/mol. The van der Waals surface area contributed by atoms with Crippen LogP contribution in [0, 0.1) is 0 Å². The molecule has 2 aromatic carbocycles. The van der Waals surface area contributed by atoms with E-state index in [0.717, 1.165) is 35.5 Å². The highest BCUT2D eigenvalue weighted by Gasteiger charge is 2.18. The number of rotatable bonds is 19. The van der Waals surface area contributed by atoms with Crippen LogP contribution < -0.4 is 14.6 Å². The number of nitrogens with one attached hydrogen (secondary N) is 1. The molecule has 0 radical (unpaired) electrons. The fourth-order valence-electron chi connectivity index (χ4n) is 5.29. The summed E-state index contributed by atoms with van der Waals surface area (Å²) in [6.45, 7) is 12.7. The molecule has 3 aromatic rings. The molecule has 1 N–H and O–H groups in total. The number of ether oxygens (including phenoxy) is 1. The van der Waals surface area contributed by atoms with E-state index in [4.69, 9.17) is 4.74 Å². The molecule has 0 spiro atoms. The number of benzene rings is 2. The van der Waals surface area contributed by atoms with Crippen LogP contribution in [-0.4, -0.2) is 12.5 Å². The molecule has 4 nitrogen and oxygen atoms in total. The molecule has 0 saturated heterocycles. The molecule has 0 aliphatic heterocycles. The normalized spacial score (nSPS) is 11.5. The van der Waals surface area contributed by atoms with Crippen LogP contribution in [0.2, 0.25) is 0 Å². The number of unbranched alkanes of at least 4 members (excludes halogenated alkanes) is 11. The summed E-state index contributed by atoms with van der Waals surface area (Å²) >= 11 is 1.73. The van der Waals surface area contributed by atoms with Crippen LogP contribution in [0.4, 0.5) is 5.69 Å². The lowest BCUT2D eigenvalue weighted by Crippen LogP contribution is -2.31. The van der Waals surface area contributed by atoms with E-state index in [0.29, 0.717) is 13.0 Å². The molecule has 3 rings (SSSR count). The van der Waals surface area contributed by atoms with E-state index >= 15 is 0 Å². The molecular formula is C37H55N2O2S+. The lowest BCUT2D eigenvalue weighted by Gasteiger charge is -2.21. The molecule has 0 fully saturated rings. The second-order valence-corrected chi connectivity index (χ2v) is 13.5. The Morgan fingerprint density at radius 2 is 1.45 bits per heavy atom. The van der Waals surface area contributed by atoms with Gasteiger partial charge in [-0.15, -0.1) is 0 Å². The number of aromatic nitrogens is 1. The maximum Gasteiger partial charge on any atom is 0.268 e. The van der Waals surface area contributed by atoms with Gasteiger partial charge < -0.3 is 10.1 Å². The van der Waals surface area contributed by atoms with Gasteiger partial charge in [0.1, 0.15) is 12.3 Å². The molecule has 230 valence electrons. The first-order valence-corrected chi connectivity index (χ1v) is 17.3. The molecule has 42 heavy (non-hydrogen) atoms. The zero-order valence-corrected chi connectivity index (χ0v) is 27.8. The minimum atomic E-state index is -0.0266. The number of nitrogens with zero attached hydrogens (tertiary/aromatic N) is 1. The third kappa shape index (κ3) is 11.6. The van der Waals surface area contributed by atoms with Gasteiger partial charge in [0, 0.05) is 11.3 Å². The number of thiazole rings is 1. The van der Waals surface area contributed by atoms with Crippen molar-refractivity contribution in [2.24, 2.45) is 0 Å². The molecule has 0 atom stereocenters. The molecule has 1 heterocycles. The molecule has 5 heteroatoms. The molecule has 1 aromatic heterocycles. The molecular weight excluding hydrogens is 536 g/mol. The maximum atomic E-state index is 13.1. The summed E-state index contributed by atoms with van der Waals surface area (Å²) < 4.78 is 8.55. The van der Waals surface area contributed by atoms with E-state index in [9.17, 15) is 4.79 Å². The van der Waals surface area contributed by atoms with Crippen LogP contribution >= 0.6 is 11.3 Å². The predicted molar refractivity (Wildman–Crippen MR) is 180 cm³/mol. The Kier molecular flexibility index (Phi) is 14.6. The van der Waals surface area contributed by atoms with Crippen LogP contribution in [0.1, 0.15) is 123 Å². The van der Waals surface area contributed by atoms with E-state index in [1.165, 1.54) is 81.2 Å². The van der Waals surface area contributed by atoms with Crippen LogP contribution in [0.15, 0.2) is 54.0 Å². The molecule has 0 aliphatic rings. The van der Waals surface area contributed by atoms with Crippen molar-refractivity contribution in [2.75, 3.05) is 11.9 Å². The van der Waals surface area contributed by atoms with Crippen molar-refractivity contribution in [3.63, 3.8) is 0 Å². The Morgan fingerprint density at radius 3 is 2.05 bits per heavy atom. The lowest BCUT2D eigenvalue weighted by molar-refractivity contribution is -0.678. The second-order valence-electron chi connectivity index (χ2n) is 12.6. The van der Waals surface area contributed by atoms with Gasteiger partial charge in [-0.3, -0.25) is 4.79 Å². The van der Waals surface area contributed by atoms with Gasteiger partial charge in [-0.05, 0) is 54.7 Å². The summed E-state index contributed by atoms with van der Waals surface area (Å²) in [5.41, 5.74) is 4.17. The first kappa shape index (κ1) is 33.8. The monoisotopic (exact) mass is 591 g/mol. The standard InChI is InChI=1S/C37H54N2O2S/c1-6-8-9-10-11-12-13-14-15-16-17-18-26-41-34-29-32(37(3,4)5)22-19-31(34)28-35(40)38-33-23-20-30(21-24-33)36-39(7-2)25-27-42-36/h19-25,27,29H,6-18,26,28H2,1-5H3/p+1. The van der Waals surface area contributed by atoms with Crippen molar-refractivity contribution in [1.29, 1.82) is 0 Å². The van der Waals surface area contributed by atoms with Crippen molar-refractivity contribution in [3.05, 3.63) is 65.2 Å². The summed E-state index contributed by atoms with van der Waals surface area (Å²) in [4.78, 5) is 13.1. The van der Waals surface area contributed by atoms with Crippen molar-refractivity contribution in [1.82, 2.24) is 0 Å². The average Bonchev–Trinajstić information content (AvgIpc) is 3.45. The Labute approximate surface area is 259 Å². The highest BCUT2D eigenvalue weighted by atomic mass is 32.1. The summed E-state index contributed by atoms with van der Waals surface area (Å²) in [5.74, 6) is 0.819. The van der Waals surface area contributed by atoms with Crippen LogP contribution in [-0.2, 0) is 23.2 Å². The Balaban J connectivity index is 1.46. The smallest absolute Gasteiger partial charge is 0.268 e. The Hall–Kier alpha value is -2.66. The summed E-state index contributed by atoms with van der Waals surface area (Å²) in [5, 5.41) is 6.42. The highest BCUT2D eigenvalue weighted by Crippen LogP contribution is 2.30. The molecule has 0 saturated carbocycles. The first-order valence-electron chi connectivity index (χ1n) is 16.4. The molecule has 1 amide bonds. The van der Waals surface area contributed by atoms with E-state index in [-0.39, 0.29) is 11.3 Å². The minimum absolute atomic E-state index is 0.0230. The number of hydrogen-bond donors (Lipinski definition) is 1. The zero-order valence-electron chi connectivity index (χ0n) is 27.0. The van der Waals surface area contributed by atoms with Gasteiger partial charge in [0.2, 0.25) is 5.91 Å². The number of carbonyl (C=O) groups excluding carboxylic acids is 1. The highest BCUT2D eigenvalue weighted by molar-refractivity contribution is 7.12. The maximum absolute atomic E-state index is 13.1. The van der Waals surface area contributed by atoms with Crippen molar-refractivity contribution in [3.8, 4) is 16.3 Å². The molecule has 0 aliphatic carbocycles. The fourth-order valence-corrected chi connectivity index (χ4v) is 6.22. The van der Waals surface area contributed by atoms with Crippen molar-refractivity contribution in [2.45, 2.75) is 130 Å². The molecule has 0 bridgehead atoms. The van der Waals surface area contributed by atoms with Gasteiger partial charge >= 0.3 is 0 Å². The number of anilines is 1. The van der Waals surface area contributed by atoms with Crippen LogP contribution in [0.3, 0.4) is 0 Å². The number of aryl methyl sites for hydroxylation is 1. The first-order chi connectivity index (χ1) is 20.3. The van der Waals surface area contributed by atoms with Gasteiger partial charge in [-0.25, -0.2) is 0 Å². The fraction of sp³-hybridized carbons (Fsp3) is 0.568. The topological polar surface area (TPSA) is 42.2 Å². The van der Waals surface area contributed by atoms with Crippen LogP contribution in [0.25, 0.3) is 10.6 Å². The van der Waals surface area contributed by atoms with Gasteiger partial charge in [-0.1, -0.05) is 122 Å². The summed E-state index contributed by atoms with van der Waals surface area (Å²) in [6, 6.07) is 14.5. The van der Waals surface area contributed by atoms with Gasteiger partial charge in [0.25, 0.3) is 5.01 Å². The minimum Gasteiger partial charge on any atom is -0.493 e. The summed E-state index contributed by atoms with van der Waals surface area (Å²) in [7, 11) is 0. The third-order valence-electron chi connectivity index (χ3n) is 7.98. The zero-order chi connectivity index (χ0) is 30.2. The van der Waals surface area contributed by atoms with Crippen molar-refractivity contribution < 1.29 is 14.1 Å². The van der Waals surface area contributed by atoms with Gasteiger partial charge in [0.15, 0.2) is 6.20 Å². The molecule has 0 unspecified atom stereocenters. The quantitative estimate of drug-likeness (QED) is 0.111. The van der Waals surface area contributed by atoms with E-state index in [2.05, 4.69) is 86.4 Å². The largest absolute Gasteiger partial charge is 0.493 e.